The molecule has 0 fully saturated rings. The first kappa shape index (κ1) is 12.2. The molecule has 0 aromatic heterocycles. The molecule has 0 radical (unpaired) electrons. The summed E-state index contributed by atoms with van der Waals surface area (Å²) in [5, 5.41) is 0. The van der Waals surface area contributed by atoms with Crippen LogP contribution in [0.5, 0.6) is 11.5 Å². The van der Waals surface area contributed by atoms with E-state index in [9.17, 15) is 0 Å². The first-order valence-corrected chi connectivity index (χ1v) is 6.45. The Hall–Kier alpha value is -1.22. The van der Waals surface area contributed by atoms with Crippen molar-refractivity contribution in [3.05, 3.63) is 23.8 Å². The van der Waals surface area contributed by atoms with E-state index in [-0.39, 0.29) is 12.1 Å². The standard InChI is InChI=1S/C14H21NO2/c1-3-5-13-14(15)11-9-10(16-8-4-2)6-7-12(11)17-13/h6-7,9,13-14H,3-5,8,15H2,1-2H3. The van der Waals surface area contributed by atoms with Crippen LogP contribution >= 0.6 is 0 Å². The predicted molar refractivity (Wildman–Crippen MR) is 68.5 cm³/mol. The second-order valence-corrected chi connectivity index (χ2v) is 4.52. The lowest BCUT2D eigenvalue weighted by Gasteiger charge is -2.13. The van der Waals surface area contributed by atoms with Crippen LogP contribution in [0.3, 0.4) is 0 Å². The Morgan fingerprint density at radius 2 is 2.12 bits per heavy atom. The van der Waals surface area contributed by atoms with E-state index < -0.39 is 0 Å². The maximum absolute atomic E-state index is 6.19. The molecule has 1 heterocycles. The number of fused-ring (bicyclic) bond motifs is 1. The summed E-state index contributed by atoms with van der Waals surface area (Å²) in [5.41, 5.74) is 7.27. The molecule has 2 unspecified atom stereocenters. The maximum Gasteiger partial charge on any atom is 0.125 e. The average molecular weight is 235 g/mol. The SMILES string of the molecule is CCCOc1ccc2c(c1)C(N)C(CCC)O2. The van der Waals surface area contributed by atoms with Crippen molar-refractivity contribution in [3.63, 3.8) is 0 Å². The molecule has 2 atom stereocenters. The van der Waals surface area contributed by atoms with Crippen LogP contribution in [-0.2, 0) is 0 Å². The van der Waals surface area contributed by atoms with Crippen molar-refractivity contribution >= 4 is 0 Å². The number of nitrogens with two attached hydrogens (primary N) is 1. The van der Waals surface area contributed by atoms with Gasteiger partial charge in [-0.2, -0.15) is 0 Å². The lowest BCUT2D eigenvalue weighted by molar-refractivity contribution is 0.195. The lowest BCUT2D eigenvalue weighted by atomic mass is 10.0. The van der Waals surface area contributed by atoms with Crippen molar-refractivity contribution in [3.8, 4) is 11.5 Å². The molecule has 1 aliphatic heterocycles. The van der Waals surface area contributed by atoms with Crippen LogP contribution in [0.4, 0.5) is 0 Å². The molecule has 2 N–H and O–H groups in total. The molecule has 17 heavy (non-hydrogen) atoms. The summed E-state index contributed by atoms with van der Waals surface area (Å²) in [4.78, 5) is 0. The van der Waals surface area contributed by atoms with E-state index in [1.54, 1.807) is 0 Å². The number of benzene rings is 1. The van der Waals surface area contributed by atoms with Gasteiger partial charge in [-0.1, -0.05) is 20.3 Å². The summed E-state index contributed by atoms with van der Waals surface area (Å²) in [5.74, 6) is 1.81. The second-order valence-electron chi connectivity index (χ2n) is 4.52. The van der Waals surface area contributed by atoms with Gasteiger partial charge in [-0.05, 0) is 31.0 Å². The lowest BCUT2D eigenvalue weighted by Crippen LogP contribution is -2.24. The molecule has 3 heteroatoms. The van der Waals surface area contributed by atoms with Crippen LogP contribution < -0.4 is 15.2 Å². The molecule has 0 aliphatic carbocycles. The summed E-state index contributed by atoms with van der Waals surface area (Å²) in [6, 6.07) is 5.92. The van der Waals surface area contributed by atoms with E-state index in [2.05, 4.69) is 13.8 Å². The largest absolute Gasteiger partial charge is 0.494 e. The molecule has 2 rings (SSSR count). The molecule has 3 nitrogen and oxygen atoms in total. The Labute approximate surface area is 103 Å². The summed E-state index contributed by atoms with van der Waals surface area (Å²) >= 11 is 0. The maximum atomic E-state index is 6.19. The van der Waals surface area contributed by atoms with Gasteiger partial charge < -0.3 is 15.2 Å². The van der Waals surface area contributed by atoms with Gasteiger partial charge in [-0.25, -0.2) is 0 Å². The Morgan fingerprint density at radius 3 is 2.82 bits per heavy atom. The zero-order valence-electron chi connectivity index (χ0n) is 10.6. The molecule has 0 spiro atoms. The van der Waals surface area contributed by atoms with E-state index in [1.807, 2.05) is 18.2 Å². The van der Waals surface area contributed by atoms with Gasteiger partial charge in [-0.3, -0.25) is 0 Å². The predicted octanol–water partition coefficient (Wildman–Crippen LogP) is 3.04. The average Bonchev–Trinajstić information content (AvgIpc) is 2.65. The van der Waals surface area contributed by atoms with E-state index in [0.717, 1.165) is 42.9 Å². The molecule has 0 amide bonds. The van der Waals surface area contributed by atoms with Gasteiger partial charge in [0.2, 0.25) is 0 Å². The number of ether oxygens (including phenoxy) is 2. The van der Waals surface area contributed by atoms with Gasteiger partial charge >= 0.3 is 0 Å². The van der Waals surface area contributed by atoms with E-state index in [4.69, 9.17) is 15.2 Å². The highest BCUT2D eigenvalue weighted by atomic mass is 16.5. The van der Waals surface area contributed by atoms with Crippen molar-refractivity contribution in [2.45, 2.75) is 45.3 Å². The minimum atomic E-state index is -0.0184. The highest BCUT2D eigenvalue weighted by Crippen LogP contribution is 2.38. The van der Waals surface area contributed by atoms with E-state index >= 15 is 0 Å². The van der Waals surface area contributed by atoms with Crippen LogP contribution in [0.2, 0.25) is 0 Å². The third kappa shape index (κ3) is 2.55. The number of hydrogen-bond acceptors (Lipinski definition) is 3. The number of rotatable bonds is 5. The molecule has 0 bridgehead atoms. The summed E-state index contributed by atoms with van der Waals surface area (Å²) in [7, 11) is 0. The van der Waals surface area contributed by atoms with E-state index in [0.29, 0.717) is 0 Å². The third-order valence-electron chi connectivity index (χ3n) is 3.07. The normalized spacial score (nSPS) is 22.1. The highest BCUT2D eigenvalue weighted by Gasteiger charge is 2.30. The molecular weight excluding hydrogens is 214 g/mol. The molecule has 0 saturated heterocycles. The Balaban J connectivity index is 2.13. The molecule has 1 aliphatic rings. The fourth-order valence-electron chi connectivity index (χ4n) is 2.16. The zero-order valence-corrected chi connectivity index (χ0v) is 10.6. The fourth-order valence-corrected chi connectivity index (χ4v) is 2.16. The van der Waals surface area contributed by atoms with Crippen molar-refractivity contribution in [1.82, 2.24) is 0 Å². The Morgan fingerprint density at radius 1 is 1.29 bits per heavy atom. The van der Waals surface area contributed by atoms with Crippen molar-refractivity contribution < 1.29 is 9.47 Å². The van der Waals surface area contributed by atoms with Crippen molar-refractivity contribution in [2.24, 2.45) is 5.73 Å². The summed E-state index contributed by atoms with van der Waals surface area (Å²) in [6.45, 7) is 4.99. The number of hydrogen-bond donors (Lipinski definition) is 1. The summed E-state index contributed by atoms with van der Waals surface area (Å²) < 4.78 is 11.5. The van der Waals surface area contributed by atoms with Crippen LogP contribution in [0.15, 0.2) is 18.2 Å². The molecular formula is C14H21NO2. The highest BCUT2D eigenvalue weighted by molar-refractivity contribution is 5.45. The Bertz CT molecular complexity index is 378. The Kier molecular flexibility index (Phi) is 3.89. The third-order valence-corrected chi connectivity index (χ3v) is 3.07. The van der Waals surface area contributed by atoms with Crippen LogP contribution in [0.25, 0.3) is 0 Å². The first-order valence-electron chi connectivity index (χ1n) is 6.45. The first-order chi connectivity index (χ1) is 8.26. The monoisotopic (exact) mass is 235 g/mol. The van der Waals surface area contributed by atoms with Gasteiger partial charge in [0.25, 0.3) is 0 Å². The second kappa shape index (κ2) is 5.41. The minimum Gasteiger partial charge on any atom is -0.494 e. The quantitative estimate of drug-likeness (QED) is 0.853. The molecule has 0 saturated carbocycles. The topological polar surface area (TPSA) is 44.5 Å². The summed E-state index contributed by atoms with van der Waals surface area (Å²) in [6.07, 6.45) is 3.22. The van der Waals surface area contributed by atoms with Gasteiger partial charge in [-0.15, -0.1) is 0 Å². The molecule has 94 valence electrons. The van der Waals surface area contributed by atoms with Crippen molar-refractivity contribution in [2.75, 3.05) is 6.61 Å². The van der Waals surface area contributed by atoms with Gasteiger partial charge in [0.05, 0.1) is 12.6 Å². The minimum absolute atomic E-state index is 0.0184. The van der Waals surface area contributed by atoms with E-state index in [1.165, 1.54) is 0 Å². The van der Waals surface area contributed by atoms with Gasteiger partial charge in [0.15, 0.2) is 0 Å². The fraction of sp³-hybridized carbons (Fsp3) is 0.571. The van der Waals surface area contributed by atoms with Crippen molar-refractivity contribution in [1.29, 1.82) is 0 Å². The van der Waals surface area contributed by atoms with Gasteiger partial charge in [0.1, 0.15) is 17.6 Å². The zero-order chi connectivity index (χ0) is 12.3. The van der Waals surface area contributed by atoms with Crippen LogP contribution in [0.1, 0.15) is 44.7 Å². The van der Waals surface area contributed by atoms with Gasteiger partial charge in [0, 0.05) is 5.56 Å². The van der Waals surface area contributed by atoms with Crippen LogP contribution in [0, 0.1) is 0 Å². The molecule has 1 aromatic carbocycles. The van der Waals surface area contributed by atoms with Crippen LogP contribution in [-0.4, -0.2) is 12.7 Å². The molecule has 1 aromatic rings. The smallest absolute Gasteiger partial charge is 0.125 e.